The van der Waals surface area contributed by atoms with E-state index < -0.39 is 0 Å². The Morgan fingerprint density at radius 2 is 2.20 bits per heavy atom. The maximum Gasteiger partial charge on any atom is 0.134 e. The summed E-state index contributed by atoms with van der Waals surface area (Å²) in [5.74, 6) is 0. The summed E-state index contributed by atoms with van der Waals surface area (Å²) < 4.78 is 5.50. The molecule has 1 aromatic carbocycles. The Balaban J connectivity index is 2.38. The lowest BCUT2D eigenvalue weighted by atomic mass is 10.1. The predicted octanol–water partition coefficient (Wildman–Crippen LogP) is 2.89. The van der Waals surface area contributed by atoms with Crippen LogP contribution in [0.15, 0.2) is 28.9 Å². The lowest BCUT2D eigenvalue weighted by Gasteiger charge is -1.98. The van der Waals surface area contributed by atoms with Gasteiger partial charge >= 0.3 is 0 Å². The van der Waals surface area contributed by atoms with Crippen LogP contribution in [0.1, 0.15) is 24.5 Å². The summed E-state index contributed by atoms with van der Waals surface area (Å²) in [7, 11) is 0. The van der Waals surface area contributed by atoms with Crippen molar-refractivity contribution in [2.24, 2.45) is 5.73 Å². The van der Waals surface area contributed by atoms with Crippen LogP contribution in [0.2, 0.25) is 0 Å². The molecule has 0 unspecified atom stereocenters. The van der Waals surface area contributed by atoms with Crippen LogP contribution in [0, 0.1) is 0 Å². The van der Waals surface area contributed by atoms with Crippen LogP contribution in [0.4, 0.5) is 0 Å². The number of hydrogen-bond acceptors (Lipinski definition) is 2. The first-order chi connectivity index (χ1) is 7.35. The molecule has 0 atom stereocenters. The van der Waals surface area contributed by atoms with Crippen LogP contribution in [0.3, 0.4) is 0 Å². The monoisotopic (exact) mass is 203 g/mol. The quantitative estimate of drug-likeness (QED) is 0.829. The highest BCUT2D eigenvalue weighted by molar-refractivity contribution is 5.81. The molecule has 2 N–H and O–H groups in total. The van der Waals surface area contributed by atoms with E-state index in [0.717, 1.165) is 31.4 Å². The second kappa shape index (κ2) is 4.49. The zero-order valence-electron chi connectivity index (χ0n) is 9.12. The van der Waals surface area contributed by atoms with Gasteiger partial charge in [0.05, 0.1) is 6.26 Å². The van der Waals surface area contributed by atoms with Gasteiger partial charge in [0.2, 0.25) is 0 Å². The molecule has 80 valence electrons. The van der Waals surface area contributed by atoms with E-state index in [0.29, 0.717) is 0 Å². The highest BCUT2D eigenvalue weighted by Gasteiger charge is 2.05. The number of fused-ring (bicyclic) bond motifs is 1. The topological polar surface area (TPSA) is 39.2 Å². The molecule has 0 fully saturated rings. The largest absolute Gasteiger partial charge is 0.464 e. The van der Waals surface area contributed by atoms with Crippen molar-refractivity contribution in [2.45, 2.75) is 26.2 Å². The molecule has 0 aliphatic heterocycles. The fourth-order valence-electron chi connectivity index (χ4n) is 1.83. The third kappa shape index (κ3) is 2.05. The smallest absolute Gasteiger partial charge is 0.134 e. The van der Waals surface area contributed by atoms with Crippen LogP contribution in [-0.4, -0.2) is 6.54 Å². The molecule has 15 heavy (non-hydrogen) atoms. The van der Waals surface area contributed by atoms with Gasteiger partial charge in [-0.25, -0.2) is 0 Å². The maximum atomic E-state index is 5.51. The van der Waals surface area contributed by atoms with Gasteiger partial charge in [0.15, 0.2) is 0 Å². The number of nitrogens with two attached hydrogens (primary N) is 1. The Morgan fingerprint density at radius 1 is 1.33 bits per heavy atom. The Morgan fingerprint density at radius 3 is 2.93 bits per heavy atom. The first-order valence-corrected chi connectivity index (χ1v) is 5.54. The Labute approximate surface area is 90.1 Å². The van der Waals surface area contributed by atoms with Gasteiger partial charge in [0, 0.05) is 5.39 Å². The third-order valence-electron chi connectivity index (χ3n) is 2.78. The van der Waals surface area contributed by atoms with Crippen molar-refractivity contribution in [3.63, 3.8) is 0 Å². The van der Waals surface area contributed by atoms with Gasteiger partial charge in [-0.1, -0.05) is 13.0 Å². The number of benzene rings is 1. The fourth-order valence-corrected chi connectivity index (χ4v) is 1.83. The Bertz CT molecular complexity index is 445. The van der Waals surface area contributed by atoms with Crippen LogP contribution in [-0.2, 0) is 12.8 Å². The normalized spacial score (nSPS) is 11.1. The van der Waals surface area contributed by atoms with Crippen LogP contribution in [0.25, 0.3) is 11.0 Å². The van der Waals surface area contributed by atoms with Gasteiger partial charge in [0.1, 0.15) is 5.58 Å². The number of furan rings is 1. The zero-order chi connectivity index (χ0) is 10.7. The van der Waals surface area contributed by atoms with Gasteiger partial charge in [0.25, 0.3) is 0 Å². The molecule has 1 heterocycles. The number of hydrogen-bond donors (Lipinski definition) is 1. The van der Waals surface area contributed by atoms with E-state index in [4.69, 9.17) is 10.2 Å². The standard InChI is InChI=1S/C13H17NO/c1-2-10-5-6-13-12(8-10)11(9-15-13)4-3-7-14/h5-6,8-9H,2-4,7,14H2,1H3. The first-order valence-electron chi connectivity index (χ1n) is 5.54. The molecule has 0 saturated heterocycles. The third-order valence-corrected chi connectivity index (χ3v) is 2.78. The van der Waals surface area contributed by atoms with E-state index in [1.54, 1.807) is 0 Å². The van der Waals surface area contributed by atoms with Crippen molar-refractivity contribution < 1.29 is 4.42 Å². The molecular formula is C13H17NO. The van der Waals surface area contributed by atoms with E-state index in [2.05, 4.69) is 25.1 Å². The second-order valence-electron chi connectivity index (χ2n) is 3.84. The summed E-state index contributed by atoms with van der Waals surface area (Å²) in [6, 6.07) is 6.41. The molecular weight excluding hydrogens is 186 g/mol. The van der Waals surface area contributed by atoms with E-state index in [9.17, 15) is 0 Å². The van der Waals surface area contributed by atoms with Gasteiger partial charge < -0.3 is 10.2 Å². The first kappa shape index (κ1) is 10.2. The summed E-state index contributed by atoms with van der Waals surface area (Å²) in [4.78, 5) is 0. The van der Waals surface area contributed by atoms with Gasteiger partial charge in [-0.15, -0.1) is 0 Å². The average Bonchev–Trinajstić information content (AvgIpc) is 2.68. The SMILES string of the molecule is CCc1ccc2occ(CCCN)c2c1. The molecule has 2 aromatic rings. The van der Waals surface area contributed by atoms with E-state index in [-0.39, 0.29) is 0 Å². The second-order valence-corrected chi connectivity index (χ2v) is 3.84. The molecule has 0 spiro atoms. The summed E-state index contributed by atoms with van der Waals surface area (Å²) in [6.07, 6.45) is 4.96. The van der Waals surface area contributed by atoms with Gasteiger partial charge in [-0.3, -0.25) is 0 Å². The molecule has 0 amide bonds. The van der Waals surface area contributed by atoms with E-state index in [1.807, 2.05) is 6.26 Å². The Hall–Kier alpha value is -1.28. The minimum absolute atomic E-state index is 0.736. The predicted molar refractivity (Wildman–Crippen MR) is 63.0 cm³/mol. The van der Waals surface area contributed by atoms with Crippen molar-refractivity contribution in [1.29, 1.82) is 0 Å². The molecule has 2 heteroatoms. The van der Waals surface area contributed by atoms with Gasteiger partial charge in [-0.2, -0.15) is 0 Å². The van der Waals surface area contributed by atoms with Crippen molar-refractivity contribution in [1.82, 2.24) is 0 Å². The summed E-state index contributed by atoms with van der Waals surface area (Å²) >= 11 is 0. The minimum atomic E-state index is 0.736. The minimum Gasteiger partial charge on any atom is -0.464 e. The Kier molecular flexibility index (Phi) is 3.07. The maximum absolute atomic E-state index is 5.51. The molecule has 0 radical (unpaired) electrons. The molecule has 0 bridgehead atoms. The highest BCUT2D eigenvalue weighted by Crippen LogP contribution is 2.23. The molecule has 0 aliphatic rings. The average molecular weight is 203 g/mol. The molecule has 2 rings (SSSR count). The molecule has 0 saturated carbocycles. The number of rotatable bonds is 4. The van der Waals surface area contributed by atoms with E-state index >= 15 is 0 Å². The van der Waals surface area contributed by atoms with Crippen LogP contribution < -0.4 is 5.73 Å². The van der Waals surface area contributed by atoms with Crippen LogP contribution in [0.5, 0.6) is 0 Å². The zero-order valence-corrected chi connectivity index (χ0v) is 9.12. The van der Waals surface area contributed by atoms with Crippen molar-refractivity contribution >= 4 is 11.0 Å². The highest BCUT2D eigenvalue weighted by atomic mass is 16.3. The van der Waals surface area contributed by atoms with E-state index in [1.165, 1.54) is 16.5 Å². The van der Waals surface area contributed by atoms with Crippen molar-refractivity contribution in [3.8, 4) is 0 Å². The lowest BCUT2D eigenvalue weighted by Crippen LogP contribution is -1.99. The van der Waals surface area contributed by atoms with Crippen LogP contribution >= 0.6 is 0 Å². The molecule has 1 aromatic heterocycles. The lowest BCUT2D eigenvalue weighted by molar-refractivity contribution is 0.609. The summed E-state index contributed by atoms with van der Waals surface area (Å²) in [6.45, 7) is 2.90. The number of aryl methyl sites for hydroxylation is 2. The van der Waals surface area contributed by atoms with Crippen molar-refractivity contribution in [2.75, 3.05) is 6.54 Å². The fraction of sp³-hybridized carbons (Fsp3) is 0.385. The van der Waals surface area contributed by atoms with Gasteiger partial charge in [-0.05, 0) is 49.1 Å². The molecule has 2 nitrogen and oxygen atoms in total. The molecule has 0 aliphatic carbocycles. The summed E-state index contributed by atoms with van der Waals surface area (Å²) in [5, 5.41) is 1.25. The summed E-state index contributed by atoms with van der Waals surface area (Å²) in [5.41, 5.74) is 9.14. The van der Waals surface area contributed by atoms with Crippen molar-refractivity contribution in [3.05, 3.63) is 35.6 Å².